The summed E-state index contributed by atoms with van der Waals surface area (Å²) in [6.45, 7) is 2.91. The summed E-state index contributed by atoms with van der Waals surface area (Å²) in [4.78, 5) is 0. The van der Waals surface area contributed by atoms with Gasteiger partial charge in [-0.15, -0.1) is 0 Å². The molecule has 0 heterocycles. The Hall–Kier alpha value is -0.450. The molecule has 0 radical (unpaired) electrons. The third kappa shape index (κ3) is 3.06. The molecule has 1 aromatic rings. The highest BCUT2D eigenvalue weighted by atomic mass is 79.9. The number of halogens is 2. The Morgan fingerprint density at radius 2 is 2.24 bits per heavy atom. The summed E-state index contributed by atoms with van der Waals surface area (Å²) in [6.07, 6.45) is 2.12. The Kier molecular flexibility index (Phi) is 3.85. The van der Waals surface area contributed by atoms with Gasteiger partial charge in [-0.25, -0.2) is 4.39 Å². The smallest absolute Gasteiger partial charge is 0.129 e. The number of benzene rings is 1. The van der Waals surface area contributed by atoms with Crippen LogP contribution in [0.2, 0.25) is 0 Å². The van der Waals surface area contributed by atoms with Crippen LogP contribution in [0.1, 0.15) is 31.4 Å². The highest BCUT2D eigenvalue weighted by Gasteiger charge is 2.41. The van der Waals surface area contributed by atoms with E-state index in [9.17, 15) is 9.50 Å². The monoisotopic (exact) mass is 301 g/mol. The molecule has 4 heteroatoms. The number of hydrogen-bond acceptors (Lipinski definition) is 2. The summed E-state index contributed by atoms with van der Waals surface area (Å²) < 4.78 is 14.4. The average molecular weight is 302 g/mol. The van der Waals surface area contributed by atoms with Gasteiger partial charge in [-0.3, -0.25) is 0 Å². The Morgan fingerprint density at radius 1 is 1.53 bits per heavy atom. The summed E-state index contributed by atoms with van der Waals surface area (Å²) in [7, 11) is 0. The number of aliphatic hydroxyl groups is 1. The molecule has 1 fully saturated rings. The van der Waals surface area contributed by atoms with E-state index in [1.165, 1.54) is 6.07 Å². The van der Waals surface area contributed by atoms with E-state index in [4.69, 9.17) is 0 Å². The molecule has 0 saturated heterocycles. The van der Waals surface area contributed by atoms with Gasteiger partial charge >= 0.3 is 0 Å². The van der Waals surface area contributed by atoms with Gasteiger partial charge in [0.2, 0.25) is 0 Å². The van der Waals surface area contributed by atoms with Crippen molar-refractivity contribution in [2.24, 2.45) is 5.41 Å². The largest absolute Gasteiger partial charge is 0.396 e. The van der Waals surface area contributed by atoms with Crippen LogP contribution in [0.5, 0.6) is 0 Å². The fraction of sp³-hybridized carbons (Fsp3) is 0.538. The minimum absolute atomic E-state index is 0.0351. The van der Waals surface area contributed by atoms with Crippen molar-refractivity contribution in [1.82, 2.24) is 5.32 Å². The van der Waals surface area contributed by atoms with Crippen LogP contribution in [0.3, 0.4) is 0 Å². The predicted molar refractivity (Wildman–Crippen MR) is 69.3 cm³/mol. The van der Waals surface area contributed by atoms with Crippen molar-refractivity contribution in [2.75, 3.05) is 13.2 Å². The second-order valence-corrected chi connectivity index (χ2v) is 5.84. The Morgan fingerprint density at radius 3 is 2.76 bits per heavy atom. The van der Waals surface area contributed by atoms with Crippen molar-refractivity contribution in [3.8, 4) is 0 Å². The van der Waals surface area contributed by atoms with Crippen molar-refractivity contribution in [2.45, 2.75) is 25.8 Å². The molecule has 1 aliphatic carbocycles. The first-order valence-electron chi connectivity index (χ1n) is 5.85. The lowest BCUT2D eigenvalue weighted by molar-refractivity contribution is 0.204. The lowest BCUT2D eigenvalue weighted by atomic mass is 10.1. The molecule has 17 heavy (non-hydrogen) atoms. The van der Waals surface area contributed by atoms with Gasteiger partial charge in [-0.2, -0.15) is 0 Å². The topological polar surface area (TPSA) is 32.3 Å². The molecule has 2 rings (SSSR count). The summed E-state index contributed by atoms with van der Waals surface area (Å²) in [5, 5.41) is 12.5. The number of nitrogens with one attached hydrogen (secondary N) is 1. The minimum atomic E-state index is -0.201. The highest BCUT2D eigenvalue weighted by molar-refractivity contribution is 9.10. The Labute approximate surface area is 109 Å². The van der Waals surface area contributed by atoms with Gasteiger partial charge in [0.05, 0.1) is 0 Å². The van der Waals surface area contributed by atoms with Crippen LogP contribution in [0.15, 0.2) is 22.7 Å². The molecule has 1 aliphatic rings. The van der Waals surface area contributed by atoms with Crippen LogP contribution in [0.25, 0.3) is 0 Å². The molecule has 0 aliphatic heterocycles. The van der Waals surface area contributed by atoms with Crippen LogP contribution in [-0.4, -0.2) is 18.3 Å². The summed E-state index contributed by atoms with van der Waals surface area (Å²) >= 11 is 3.24. The number of aliphatic hydroxyl groups excluding tert-OH is 1. The van der Waals surface area contributed by atoms with Crippen LogP contribution in [-0.2, 0) is 0 Å². The zero-order valence-electron chi connectivity index (χ0n) is 9.84. The lowest BCUT2D eigenvalue weighted by Crippen LogP contribution is -2.29. The van der Waals surface area contributed by atoms with Gasteiger partial charge < -0.3 is 10.4 Å². The Balaban J connectivity index is 1.97. The summed E-state index contributed by atoms with van der Waals surface area (Å²) in [5.41, 5.74) is 0.724. The molecular weight excluding hydrogens is 285 g/mol. The second kappa shape index (κ2) is 5.04. The normalized spacial score (nSPS) is 19.1. The predicted octanol–water partition coefficient (Wildman–Crippen LogP) is 3.01. The molecule has 2 nitrogen and oxygen atoms in total. The van der Waals surface area contributed by atoms with Crippen molar-refractivity contribution in [1.29, 1.82) is 0 Å². The quantitative estimate of drug-likeness (QED) is 0.876. The average Bonchev–Trinajstić information content (AvgIpc) is 3.07. The standard InChI is InChI=1S/C13H17BrFNO/c1-9(16-7-13(8-17)4-5-13)11-3-2-10(14)6-12(11)15/h2-3,6,9,16-17H,4-5,7-8H2,1H3. The van der Waals surface area contributed by atoms with Crippen LogP contribution < -0.4 is 5.32 Å². The van der Waals surface area contributed by atoms with Crippen molar-refractivity contribution >= 4 is 15.9 Å². The first-order valence-corrected chi connectivity index (χ1v) is 6.65. The molecule has 1 atom stereocenters. The molecule has 1 unspecified atom stereocenters. The van der Waals surface area contributed by atoms with E-state index in [0.717, 1.165) is 23.9 Å². The van der Waals surface area contributed by atoms with Gasteiger partial charge in [0, 0.05) is 34.6 Å². The fourth-order valence-electron chi connectivity index (χ4n) is 1.90. The molecule has 0 bridgehead atoms. The first kappa shape index (κ1) is 13.0. The maximum atomic E-state index is 13.7. The van der Waals surface area contributed by atoms with Gasteiger partial charge in [0.1, 0.15) is 5.82 Å². The van der Waals surface area contributed by atoms with Gasteiger partial charge in [0.15, 0.2) is 0 Å². The molecular formula is C13H17BrFNO. The van der Waals surface area contributed by atoms with Crippen molar-refractivity contribution in [3.05, 3.63) is 34.1 Å². The van der Waals surface area contributed by atoms with E-state index < -0.39 is 0 Å². The number of hydrogen-bond donors (Lipinski definition) is 2. The zero-order chi connectivity index (χ0) is 12.5. The van der Waals surface area contributed by atoms with E-state index in [1.54, 1.807) is 6.07 Å². The maximum Gasteiger partial charge on any atom is 0.129 e. The van der Waals surface area contributed by atoms with Gasteiger partial charge in [-0.1, -0.05) is 22.0 Å². The maximum absolute atomic E-state index is 13.7. The molecule has 0 spiro atoms. The number of rotatable bonds is 5. The molecule has 94 valence electrons. The third-order valence-electron chi connectivity index (χ3n) is 3.50. The van der Waals surface area contributed by atoms with Gasteiger partial charge in [-0.05, 0) is 31.9 Å². The van der Waals surface area contributed by atoms with Crippen molar-refractivity contribution < 1.29 is 9.50 Å². The van der Waals surface area contributed by atoms with E-state index in [2.05, 4.69) is 21.2 Å². The lowest BCUT2D eigenvalue weighted by Gasteiger charge is -2.19. The molecule has 1 aromatic carbocycles. The summed E-state index contributed by atoms with van der Waals surface area (Å²) in [6, 6.07) is 5.07. The Bertz CT molecular complexity index is 406. The third-order valence-corrected chi connectivity index (χ3v) is 4.00. The molecule has 1 saturated carbocycles. The van der Waals surface area contributed by atoms with Gasteiger partial charge in [0.25, 0.3) is 0 Å². The minimum Gasteiger partial charge on any atom is -0.396 e. The highest BCUT2D eigenvalue weighted by Crippen LogP contribution is 2.44. The van der Waals surface area contributed by atoms with E-state index in [-0.39, 0.29) is 23.9 Å². The molecule has 2 N–H and O–H groups in total. The van der Waals surface area contributed by atoms with Crippen LogP contribution >= 0.6 is 15.9 Å². The molecule has 0 amide bonds. The van der Waals surface area contributed by atoms with Crippen molar-refractivity contribution in [3.63, 3.8) is 0 Å². The fourth-order valence-corrected chi connectivity index (χ4v) is 2.23. The second-order valence-electron chi connectivity index (χ2n) is 4.93. The van der Waals surface area contributed by atoms with Crippen LogP contribution in [0.4, 0.5) is 4.39 Å². The van der Waals surface area contributed by atoms with E-state index in [1.807, 2.05) is 13.0 Å². The molecule has 0 aromatic heterocycles. The first-order chi connectivity index (χ1) is 8.06. The van der Waals surface area contributed by atoms with Crippen LogP contribution in [0, 0.1) is 11.2 Å². The zero-order valence-corrected chi connectivity index (χ0v) is 11.4. The summed E-state index contributed by atoms with van der Waals surface area (Å²) in [5.74, 6) is -0.201. The van der Waals surface area contributed by atoms with E-state index >= 15 is 0 Å². The SMILES string of the molecule is CC(NCC1(CO)CC1)c1ccc(Br)cc1F. The van der Waals surface area contributed by atoms with E-state index in [0.29, 0.717) is 5.56 Å².